The number of rotatable bonds is 6. The van der Waals surface area contributed by atoms with Gasteiger partial charge in [0.25, 0.3) is 5.91 Å². The van der Waals surface area contributed by atoms with Crippen LogP contribution < -0.4 is 10.1 Å². The van der Waals surface area contributed by atoms with Gasteiger partial charge in [-0.1, -0.05) is 6.07 Å². The van der Waals surface area contributed by atoms with E-state index >= 15 is 4.39 Å². The van der Waals surface area contributed by atoms with Crippen molar-refractivity contribution in [3.63, 3.8) is 0 Å². The number of nitrogens with zero attached hydrogens (tertiary/aromatic N) is 2. The molecule has 5 rings (SSSR count). The van der Waals surface area contributed by atoms with Crippen molar-refractivity contribution in [1.82, 2.24) is 15.3 Å². The summed E-state index contributed by atoms with van der Waals surface area (Å²) < 4.78 is 26.4. The van der Waals surface area contributed by atoms with Crippen molar-refractivity contribution < 1.29 is 18.3 Å². The highest BCUT2D eigenvalue weighted by atomic mass is 19.1. The van der Waals surface area contributed by atoms with Gasteiger partial charge in [-0.3, -0.25) is 14.8 Å². The number of carbonyl (C=O) groups excluding carboxylic acids is 1. The fraction of sp³-hybridized carbons (Fsp3) is 0.0741. The zero-order valence-electron chi connectivity index (χ0n) is 18.3. The van der Waals surface area contributed by atoms with Crippen LogP contribution in [0.1, 0.15) is 21.5 Å². The molecule has 0 bridgehead atoms. The first-order chi connectivity index (χ1) is 16.6. The third-order valence-corrected chi connectivity index (χ3v) is 5.56. The fourth-order valence-electron chi connectivity index (χ4n) is 3.75. The summed E-state index contributed by atoms with van der Waals surface area (Å²) in [5, 5.41) is 3.17. The zero-order valence-corrected chi connectivity index (χ0v) is 18.3. The molecule has 0 fully saturated rings. The molecule has 0 radical (unpaired) electrons. The van der Waals surface area contributed by atoms with Crippen molar-refractivity contribution in [3.05, 3.63) is 108 Å². The standard InChI is InChI=1S/C27H20FN3O3/c1-17-21(27(32)31-15-18-5-9-29-10-6-18)3-2-4-24(17)34-25-7-11-30-23-14-20(13-22(28)26(23)25)19-8-12-33-16-19/h2-14,16H,15H2,1H3,(H,31,32). The van der Waals surface area contributed by atoms with E-state index in [1.54, 1.807) is 68.2 Å². The van der Waals surface area contributed by atoms with E-state index in [9.17, 15) is 4.79 Å². The van der Waals surface area contributed by atoms with E-state index in [0.29, 0.717) is 40.3 Å². The zero-order chi connectivity index (χ0) is 23.5. The van der Waals surface area contributed by atoms with Crippen molar-refractivity contribution >= 4 is 16.8 Å². The monoisotopic (exact) mass is 453 g/mol. The Kier molecular flexibility index (Phi) is 5.74. The first kappa shape index (κ1) is 21.3. The minimum absolute atomic E-state index is 0.227. The van der Waals surface area contributed by atoms with Crippen molar-refractivity contribution in [2.45, 2.75) is 13.5 Å². The quantitative estimate of drug-likeness (QED) is 0.338. The molecule has 168 valence electrons. The summed E-state index contributed by atoms with van der Waals surface area (Å²) in [6.45, 7) is 2.18. The molecular formula is C27H20FN3O3. The third-order valence-electron chi connectivity index (χ3n) is 5.56. The average molecular weight is 453 g/mol. The lowest BCUT2D eigenvalue weighted by Gasteiger charge is -2.14. The lowest BCUT2D eigenvalue weighted by Crippen LogP contribution is -2.23. The largest absolute Gasteiger partial charge is 0.472 e. The number of benzene rings is 2. The van der Waals surface area contributed by atoms with E-state index in [-0.39, 0.29) is 11.3 Å². The summed E-state index contributed by atoms with van der Waals surface area (Å²) in [5.41, 5.74) is 3.95. The molecule has 0 aliphatic heterocycles. The molecule has 1 amide bonds. The van der Waals surface area contributed by atoms with E-state index in [1.165, 1.54) is 12.3 Å². The normalized spacial score (nSPS) is 10.9. The summed E-state index contributed by atoms with van der Waals surface area (Å²) in [6, 6.07) is 15.5. The number of hydrogen-bond acceptors (Lipinski definition) is 5. The van der Waals surface area contributed by atoms with E-state index in [2.05, 4.69) is 15.3 Å². The number of fused-ring (bicyclic) bond motifs is 1. The predicted molar refractivity (Wildman–Crippen MR) is 126 cm³/mol. The van der Waals surface area contributed by atoms with Crippen LogP contribution in [0.15, 0.2) is 90.1 Å². The van der Waals surface area contributed by atoms with Crippen molar-refractivity contribution in [2.75, 3.05) is 0 Å². The molecule has 5 aromatic rings. The summed E-state index contributed by atoms with van der Waals surface area (Å²) in [7, 11) is 0. The first-order valence-corrected chi connectivity index (χ1v) is 10.7. The van der Waals surface area contributed by atoms with Crippen LogP contribution in [0.2, 0.25) is 0 Å². The summed E-state index contributed by atoms with van der Waals surface area (Å²) >= 11 is 0. The van der Waals surface area contributed by atoms with Gasteiger partial charge in [-0.25, -0.2) is 4.39 Å². The highest BCUT2D eigenvalue weighted by Crippen LogP contribution is 2.35. The van der Waals surface area contributed by atoms with Gasteiger partial charge < -0.3 is 14.5 Å². The number of pyridine rings is 2. The highest BCUT2D eigenvalue weighted by Gasteiger charge is 2.16. The molecule has 7 heteroatoms. The van der Waals surface area contributed by atoms with Gasteiger partial charge in [-0.15, -0.1) is 0 Å². The maximum absolute atomic E-state index is 15.2. The number of carbonyl (C=O) groups is 1. The minimum Gasteiger partial charge on any atom is -0.472 e. The van der Waals surface area contributed by atoms with E-state index in [4.69, 9.17) is 9.15 Å². The van der Waals surface area contributed by atoms with Crippen LogP contribution in [0.5, 0.6) is 11.5 Å². The molecule has 3 aromatic heterocycles. The van der Waals surface area contributed by atoms with Crippen LogP contribution in [0.3, 0.4) is 0 Å². The van der Waals surface area contributed by atoms with E-state index in [1.807, 2.05) is 12.1 Å². The fourth-order valence-corrected chi connectivity index (χ4v) is 3.75. The Bertz CT molecular complexity index is 1470. The topological polar surface area (TPSA) is 77.2 Å². The molecule has 0 spiro atoms. The van der Waals surface area contributed by atoms with Gasteiger partial charge in [0, 0.05) is 41.8 Å². The van der Waals surface area contributed by atoms with Crippen molar-refractivity contribution in [3.8, 4) is 22.6 Å². The van der Waals surface area contributed by atoms with Crippen LogP contribution in [-0.2, 0) is 6.54 Å². The summed E-state index contributed by atoms with van der Waals surface area (Å²) in [4.78, 5) is 21.1. The number of amides is 1. The van der Waals surface area contributed by atoms with Gasteiger partial charge in [0.05, 0.1) is 23.4 Å². The number of aromatic nitrogens is 2. The van der Waals surface area contributed by atoms with Crippen molar-refractivity contribution in [2.24, 2.45) is 0 Å². The van der Waals surface area contributed by atoms with Gasteiger partial charge in [-0.2, -0.15) is 0 Å². The molecule has 0 saturated heterocycles. The number of furan rings is 1. The Morgan fingerprint density at radius 1 is 1.03 bits per heavy atom. The number of nitrogens with one attached hydrogen (secondary N) is 1. The van der Waals surface area contributed by atoms with E-state index in [0.717, 1.165) is 11.1 Å². The molecule has 34 heavy (non-hydrogen) atoms. The maximum Gasteiger partial charge on any atom is 0.251 e. The molecule has 0 aliphatic carbocycles. The van der Waals surface area contributed by atoms with Gasteiger partial charge in [0.2, 0.25) is 0 Å². The van der Waals surface area contributed by atoms with Crippen LogP contribution in [0.4, 0.5) is 4.39 Å². The van der Waals surface area contributed by atoms with Gasteiger partial charge in [0.15, 0.2) is 0 Å². The number of hydrogen-bond donors (Lipinski definition) is 1. The Morgan fingerprint density at radius 2 is 1.88 bits per heavy atom. The molecule has 6 nitrogen and oxygen atoms in total. The molecule has 3 heterocycles. The lowest BCUT2D eigenvalue weighted by molar-refractivity contribution is 0.0950. The SMILES string of the molecule is Cc1c(Oc2ccnc3cc(-c4ccoc4)cc(F)c23)cccc1C(=O)NCc1ccncc1. The van der Waals surface area contributed by atoms with Crippen LogP contribution in [-0.4, -0.2) is 15.9 Å². The predicted octanol–water partition coefficient (Wildman–Crippen LogP) is 6.06. The van der Waals surface area contributed by atoms with Crippen LogP contribution in [0.25, 0.3) is 22.0 Å². The average Bonchev–Trinajstić information content (AvgIpc) is 3.39. The number of ether oxygens (including phenoxy) is 1. The Morgan fingerprint density at radius 3 is 2.68 bits per heavy atom. The first-order valence-electron chi connectivity index (χ1n) is 10.7. The minimum atomic E-state index is -0.458. The van der Waals surface area contributed by atoms with Gasteiger partial charge in [-0.05, 0) is 66.6 Å². The van der Waals surface area contributed by atoms with Crippen molar-refractivity contribution in [1.29, 1.82) is 0 Å². The summed E-state index contributed by atoms with van der Waals surface area (Å²) in [5.74, 6) is 0.0945. The Balaban J connectivity index is 1.43. The van der Waals surface area contributed by atoms with Gasteiger partial charge >= 0.3 is 0 Å². The smallest absolute Gasteiger partial charge is 0.251 e. The Labute approximate surface area is 195 Å². The molecular weight excluding hydrogens is 433 g/mol. The third kappa shape index (κ3) is 4.23. The van der Waals surface area contributed by atoms with Crippen LogP contribution in [0, 0.1) is 12.7 Å². The van der Waals surface area contributed by atoms with E-state index < -0.39 is 5.82 Å². The maximum atomic E-state index is 15.2. The molecule has 0 atom stereocenters. The molecule has 1 N–H and O–H groups in total. The Hall–Kier alpha value is -4.52. The molecule has 0 aliphatic rings. The lowest BCUT2D eigenvalue weighted by atomic mass is 10.0. The van der Waals surface area contributed by atoms with Crippen LogP contribution >= 0.6 is 0 Å². The summed E-state index contributed by atoms with van der Waals surface area (Å²) in [6.07, 6.45) is 8.01. The second-order valence-electron chi connectivity index (χ2n) is 7.74. The second kappa shape index (κ2) is 9.15. The molecule has 0 unspecified atom stereocenters. The number of halogens is 1. The molecule has 2 aromatic carbocycles. The molecule has 0 saturated carbocycles. The second-order valence-corrected chi connectivity index (χ2v) is 7.74. The van der Waals surface area contributed by atoms with Gasteiger partial charge in [0.1, 0.15) is 17.3 Å². The highest BCUT2D eigenvalue weighted by molar-refractivity contribution is 5.96.